The van der Waals surface area contributed by atoms with E-state index in [1.54, 1.807) is 6.07 Å². The maximum atomic E-state index is 12.6. The monoisotopic (exact) mass is 407 g/mol. The average Bonchev–Trinajstić information content (AvgIpc) is 3.43. The lowest BCUT2D eigenvalue weighted by molar-refractivity contribution is -0.148. The van der Waals surface area contributed by atoms with Gasteiger partial charge in [0.05, 0.1) is 10.8 Å². The molecule has 152 valence electrons. The highest BCUT2D eigenvalue weighted by Crippen LogP contribution is 2.38. The number of amides is 1. The Morgan fingerprint density at radius 3 is 2.79 bits per heavy atom. The van der Waals surface area contributed by atoms with Crippen molar-refractivity contribution in [1.29, 1.82) is 0 Å². The molecule has 1 amide bonds. The van der Waals surface area contributed by atoms with Crippen LogP contribution in [0.15, 0.2) is 34.2 Å². The van der Waals surface area contributed by atoms with Crippen molar-refractivity contribution in [2.75, 3.05) is 18.5 Å². The second-order valence-electron chi connectivity index (χ2n) is 7.25. The molecule has 1 aliphatic heterocycles. The predicted molar refractivity (Wildman–Crippen MR) is 104 cm³/mol. The number of esters is 1. The van der Waals surface area contributed by atoms with Gasteiger partial charge in [-0.1, -0.05) is 19.4 Å². The van der Waals surface area contributed by atoms with Gasteiger partial charge in [-0.05, 0) is 43.4 Å². The van der Waals surface area contributed by atoms with E-state index in [0.29, 0.717) is 30.4 Å². The standard InChI is InChI=1S/C19H25N3O5S/c1-13-10-16(13)19(24)27-12-18(23)21-14-6-5-7-15(11-14)28(25,26)22-17-8-3-2-4-9-20-17/h5-7,11,13,16H,2-4,8-10,12H2,1H3,(H,20,22)(H,21,23)/t13-,16+/m0/s1. The molecule has 0 saturated heterocycles. The number of aliphatic imine (C=N–C) groups is 1. The highest BCUT2D eigenvalue weighted by molar-refractivity contribution is 7.90. The Morgan fingerprint density at radius 2 is 2.04 bits per heavy atom. The smallest absolute Gasteiger partial charge is 0.309 e. The van der Waals surface area contributed by atoms with Gasteiger partial charge in [0.1, 0.15) is 5.84 Å². The van der Waals surface area contributed by atoms with Gasteiger partial charge in [-0.3, -0.25) is 19.3 Å². The summed E-state index contributed by atoms with van der Waals surface area (Å²) in [6.07, 6.45) is 4.27. The summed E-state index contributed by atoms with van der Waals surface area (Å²) in [6, 6.07) is 5.92. The highest BCUT2D eigenvalue weighted by Gasteiger charge is 2.40. The van der Waals surface area contributed by atoms with Crippen LogP contribution in [-0.4, -0.2) is 39.3 Å². The van der Waals surface area contributed by atoms with Crippen molar-refractivity contribution < 1.29 is 22.7 Å². The largest absolute Gasteiger partial charge is 0.455 e. The lowest BCUT2D eigenvalue weighted by Crippen LogP contribution is -2.30. The van der Waals surface area contributed by atoms with Crippen molar-refractivity contribution in [1.82, 2.24) is 4.72 Å². The molecule has 1 aliphatic carbocycles. The first-order valence-corrected chi connectivity index (χ1v) is 11.0. The van der Waals surface area contributed by atoms with Crippen LogP contribution in [0.4, 0.5) is 5.69 Å². The van der Waals surface area contributed by atoms with Crippen LogP contribution in [0.2, 0.25) is 0 Å². The molecule has 0 bridgehead atoms. The Morgan fingerprint density at radius 1 is 1.25 bits per heavy atom. The van der Waals surface area contributed by atoms with E-state index in [4.69, 9.17) is 4.74 Å². The van der Waals surface area contributed by atoms with Crippen LogP contribution in [0.3, 0.4) is 0 Å². The molecule has 3 rings (SSSR count). The van der Waals surface area contributed by atoms with E-state index in [0.717, 1.165) is 25.7 Å². The van der Waals surface area contributed by atoms with Gasteiger partial charge >= 0.3 is 5.97 Å². The van der Waals surface area contributed by atoms with Gasteiger partial charge in [0, 0.05) is 18.7 Å². The molecule has 9 heteroatoms. The summed E-state index contributed by atoms with van der Waals surface area (Å²) in [7, 11) is -3.79. The normalized spacial score (nSPS) is 21.8. The fraction of sp³-hybridized carbons (Fsp3) is 0.526. The SMILES string of the molecule is C[C@H]1C[C@H]1C(=O)OCC(=O)Nc1cccc(S(=O)(=O)NC2=NCCCCC2)c1. The van der Waals surface area contributed by atoms with Crippen LogP contribution >= 0.6 is 0 Å². The summed E-state index contributed by atoms with van der Waals surface area (Å²) >= 11 is 0. The number of benzene rings is 1. The third-order valence-corrected chi connectivity index (χ3v) is 6.19. The molecule has 2 N–H and O–H groups in total. The fourth-order valence-electron chi connectivity index (χ4n) is 3.00. The van der Waals surface area contributed by atoms with Gasteiger partial charge in [0.15, 0.2) is 6.61 Å². The fourth-order valence-corrected chi connectivity index (χ4v) is 4.14. The first-order chi connectivity index (χ1) is 13.3. The van der Waals surface area contributed by atoms with Crippen molar-refractivity contribution in [2.24, 2.45) is 16.8 Å². The summed E-state index contributed by atoms with van der Waals surface area (Å²) in [5.41, 5.74) is 0.312. The van der Waals surface area contributed by atoms with Crippen molar-refractivity contribution in [2.45, 2.75) is 43.9 Å². The lowest BCUT2D eigenvalue weighted by Gasteiger charge is -2.11. The topological polar surface area (TPSA) is 114 Å². The van der Waals surface area contributed by atoms with Crippen LogP contribution < -0.4 is 10.0 Å². The van der Waals surface area contributed by atoms with Gasteiger partial charge in [-0.2, -0.15) is 0 Å². The zero-order valence-electron chi connectivity index (χ0n) is 15.8. The molecule has 28 heavy (non-hydrogen) atoms. The summed E-state index contributed by atoms with van der Waals surface area (Å²) in [5, 5.41) is 2.56. The van der Waals surface area contributed by atoms with E-state index in [9.17, 15) is 18.0 Å². The molecule has 0 radical (unpaired) electrons. The molecule has 1 fully saturated rings. The molecule has 1 aromatic rings. The maximum Gasteiger partial charge on any atom is 0.309 e. The third kappa shape index (κ3) is 5.54. The van der Waals surface area contributed by atoms with Gasteiger partial charge < -0.3 is 10.1 Å². The molecule has 0 aromatic heterocycles. The number of carbonyl (C=O) groups is 2. The molecule has 0 spiro atoms. The predicted octanol–water partition coefficient (Wildman–Crippen LogP) is 2.08. The second kappa shape index (κ2) is 8.72. The number of carbonyl (C=O) groups excluding carboxylic acids is 2. The number of nitrogens with one attached hydrogen (secondary N) is 2. The zero-order valence-corrected chi connectivity index (χ0v) is 16.6. The number of hydrogen-bond acceptors (Lipinski definition) is 6. The van der Waals surface area contributed by atoms with E-state index < -0.39 is 22.5 Å². The maximum absolute atomic E-state index is 12.6. The minimum Gasteiger partial charge on any atom is -0.455 e. The van der Waals surface area contributed by atoms with E-state index >= 15 is 0 Å². The van der Waals surface area contributed by atoms with Gasteiger partial charge in [-0.25, -0.2) is 8.42 Å². The van der Waals surface area contributed by atoms with Gasteiger partial charge in [-0.15, -0.1) is 0 Å². The Kier molecular flexibility index (Phi) is 6.33. The number of ether oxygens (including phenoxy) is 1. The summed E-state index contributed by atoms with van der Waals surface area (Å²) in [5.74, 6) is -0.222. The van der Waals surface area contributed by atoms with Crippen molar-refractivity contribution in [3.05, 3.63) is 24.3 Å². The Labute approximate surface area is 164 Å². The number of anilines is 1. The molecule has 1 saturated carbocycles. The number of rotatable bonds is 6. The quantitative estimate of drug-likeness (QED) is 0.701. The molecule has 2 atom stereocenters. The van der Waals surface area contributed by atoms with Crippen LogP contribution in [0.5, 0.6) is 0 Å². The van der Waals surface area contributed by atoms with Crippen LogP contribution in [0.25, 0.3) is 0 Å². The van der Waals surface area contributed by atoms with Gasteiger partial charge in [0.2, 0.25) is 0 Å². The van der Waals surface area contributed by atoms with Crippen molar-refractivity contribution in [3.63, 3.8) is 0 Å². The molecule has 8 nitrogen and oxygen atoms in total. The number of sulfonamides is 1. The number of hydrogen-bond donors (Lipinski definition) is 2. The van der Waals surface area contributed by atoms with E-state index in [2.05, 4.69) is 15.0 Å². The van der Waals surface area contributed by atoms with Crippen molar-refractivity contribution >= 4 is 33.4 Å². The minimum atomic E-state index is -3.79. The van der Waals surface area contributed by atoms with Crippen molar-refractivity contribution in [3.8, 4) is 0 Å². The molecule has 1 heterocycles. The van der Waals surface area contributed by atoms with Crippen LogP contribution in [0, 0.1) is 11.8 Å². The summed E-state index contributed by atoms with van der Waals surface area (Å²) in [6.45, 7) is 2.17. The average molecular weight is 407 g/mol. The Hall–Kier alpha value is -2.42. The Bertz CT molecular complexity index is 881. The lowest BCUT2D eigenvalue weighted by atomic mass is 10.2. The first kappa shape index (κ1) is 20.3. The second-order valence-corrected chi connectivity index (χ2v) is 8.93. The third-order valence-electron chi connectivity index (χ3n) is 4.81. The van der Waals surface area contributed by atoms with E-state index in [1.165, 1.54) is 18.2 Å². The van der Waals surface area contributed by atoms with E-state index in [1.807, 2.05) is 6.92 Å². The first-order valence-electron chi connectivity index (χ1n) is 9.48. The van der Waals surface area contributed by atoms with Crippen LogP contribution in [0.1, 0.15) is 39.0 Å². The van der Waals surface area contributed by atoms with Gasteiger partial charge in [0.25, 0.3) is 15.9 Å². The summed E-state index contributed by atoms with van der Waals surface area (Å²) < 4.78 is 32.7. The van der Waals surface area contributed by atoms with E-state index in [-0.39, 0.29) is 16.8 Å². The number of nitrogens with zero attached hydrogens (tertiary/aromatic N) is 1. The number of amidine groups is 1. The van der Waals surface area contributed by atoms with Crippen LogP contribution in [-0.2, 0) is 24.3 Å². The minimum absolute atomic E-state index is 0.0287. The highest BCUT2D eigenvalue weighted by atomic mass is 32.2. The zero-order chi connectivity index (χ0) is 20.1. The summed E-state index contributed by atoms with van der Waals surface area (Å²) in [4.78, 5) is 28.0. The molecular weight excluding hydrogens is 382 g/mol. The molecule has 1 aromatic carbocycles. The Balaban J connectivity index is 1.58. The molecule has 2 aliphatic rings. The molecule has 0 unspecified atom stereocenters. The molecular formula is C19H25N3O5S.